The van der Waals surface area contributed by atoms with Crippen molar-refractivity contribution >= 4 is 0 Å². The summed E-state index contributed by atoms with van der Waals surface area (Å²) in [6.45, 7) is 15.1. The Balaban J connectivity index is 1.47. The highest BCUT2D eigenvalue weighted by atomic mass is 16.3. The number of hydrogen-bond acceptors (Lipinski definition) is 1. The number of aliphatic hydroxyl groups is 1. The summed E-state index contributed by atoms with van der Waals surface area (Å²) in [6, 6.07) is 0. The Morgan fingerprint density at radius 1 is 1.00 bits per heavy atom. The van der Waals surface area contributed by atoms with Gasteiger partial charge in [0, 0.05) is 0 Å². The fourth-order valence-electron chi connectivity index (χ4n) is 9.30. The molecule has 172 valence electrons. The Labute approximate surface area is 187 Å². The van der Waals surface area contributed by atoms with Crippen molar-refractivity contribution in [2.45, 2.75) is 118 Å². The smallest absolute Gasteiger partial charge is 0.0577 e. The van der Waals surface area contributed by atoms with Gasteiger partial charge >= 0.3 is 0 Å². The first-order valence-electron chi connectivity index (χ1n) is 13.6. The summed E-state index contributed by atoms with van der Waals surface area (Å²) in [5.41, 5.74) is 2.59. The van der Waals surface area contributed by atoms with Gasteiger partial charge in [0.15, 0.2) is 0 Å². The van der Waals surface area contributed by atoms with Gasteiger partial charge in [-0.25, -0.2) is 0 Å². The molecule has 3 fully saturated rings. The van der Waals surface area contributed by atoms with Gasteiger partial charge < -0.3 is 5.11 Å². The zero-order valence-corrected chi connectivity index (χ0v) is 20.9. The minimum Gasteiger partial charge on any atom is -0.393 e. The number of hydrogen-bond donors (Lipinski definition) is 1. The molecule has 0 bridgehead atoms. The maximum absolute atomic E-state index is 10.2. The van der Waals surface area contributed by atoms with Crippen molar-refractivity contribution in [1.29, 1.82) is 0 Å². The summed E-state index contributed by atoms with van der Waals surface area (Å²) in [7, 11) is 0. The van der Waals surface area contributed by atoms with E-state index in [0.29, 0.717) is 10.8 Å². The van der Waals surface area contributed by atoms with E-state index in [9.17, 15) is 5.11 Å². The molecule has 1 nitrogen and oxygen atoms in total. The van der Waals surface area contributed by atoms with Gasteiger partial charge in [0.2, 0.25) is 0 Å². The third kappa shape index (κ3) is 3.74. The van der Waals surface area contributed by atoms with Crippen LogP contribution in [-0.2, 0) is 0 Å². The van der Waals surface area contributed by atoms with Crippen molar-refractivity contribution < 1.29 is 5.11 Å². The van der Waals surface area contributed by atoms with Crippen molar-refractivity contribution in [1.82, 2.24) is 0 Å². The predicted octanol–water partition coefficient (Wildman–Crippen LogP) is 8.02. The lowest BCUT2D eigenvalue weighted by molar-refractivity contribution is -0.0575. The zero-order valence-electron chi connectivity index (χ0n) is 20.9. The second kappa shape index (κ2) is 8.57. The molecule has 10 atom stereocenters. The molecule has 30 heavy (non-hydrogen) atoms. The SMILES string of the molecule is CC[C@H](CC[C@@H](C)[C@H]1CC[C@H]2[C@@H]3CC=C4C[C@@H](O)CC[C@]4(C)[C@H]3CC[C@]12C)[C@H](C)[13CH3]. The third-order valence-electron chi connectivity index (χ3n) is 11.3. The van der Waals surface area contributed by atoms with Crippen LogP contribution in [-0.4, -0.2) is 11.2 Å². The fraction of sp³-hybridized carbons (Fsp3) is 0.931. The molecule has 0 radical (unpaired) electrons. The minimum absolute atomic E-state index is 0.0794. The number of fused-ring (bicyclic) bond motifs is 5. The molecule has 0 aromatic heterocycles. The summed E-state index contributed by atoms with van der Waals surface area (Å²) < 4.78 is 0. The van der Waals surface area contributed by atoms with Crippen LogP contribution in [0.15, 0.2) is 11.6 Å². The largest absolute Gasteiger partial charge is 0.393 e. The summed E-state index contributed by atoms with van der Waals surface area (Å²) in [5.74, 6) is 6.31. The summed E-state index contributed by atoms with van der Waals surface area (Å²) >= 11 is 0. The van der Waals surface area contributed by atoms with E-state index in [2.05, 4.69) is 47.6 Å². The Kier molecular flexibility index (Phi) is 6.53. The lowest BCUT2D eigenvalue weighted by Crippen LogP contribution is -2.50. The lowest BCUT2D eigenvalue weighted by atomic mass is 9.47. The van der Waals surface area contributed by atoms with Crippen molar-refractivity contribution in [3.8, 4) is 0 Å². The van der Waals surface area contributed by atoms with Crippen LogP contribution in [0.2, 0.25) is 0 Å². The Morgan fingerprint density at radius 2 is 1.77 bits per heavy atom. The molecule has 0 amide bonds. The molecule has 0 unspecified atom stereocenters. The Morgan fingerprint density at radius 3 is 2.47 bits per heavy atom. The van der Waals surface area contributed by atoms with E-state index in [1.54, 1.807) is 5.57 Å². The van der Waals surface area contributed by atoms with Crippen LogP contribution in [0.5, 0.6) is 0 Å². The standard InChI is InChI=1S/C29H50O/c1-7-21(19(2)3)9-8-20(4)25-12-13-26-24-11-10-22-18-23(30)14-16-28(22,5)27(24)15-17-29(25,26)6/h10,19-21,23-27,30H,7-9,11-18H2,1-6H3/t20-,21-,23+,24+,25-,26+,27+,28+,29-/m1/s1/i2+1/t19-,20+,21+,23-,24-,25+,26-,27-,28-,29+/m0. The molecule has 0 spiro atoms. The van der Waals surface area contributed by atoms with Crippen LogP contribution < -0.4 is 0 Å². The van der Waals surface area contributed by atoms with E-state index < -0.39 is 0 Å². The Hall–Kier alpha value is -0.300. The highest BCUT2D eigenvalue weighted by molar-refractivity contribution is 5.25. The van der Waals surface area contributed by atoms with E-state index in [-0.39, 0.29) is 6.10 Å². The molecule has 0 saturated heterocycles. The van der Waals surface area contributed by atoms with Crippen LogP contribution in [0.1, 0.15) is 112 Å². The maximum atomic E-state index is 10.2. The fourth-order valence-corrected chi connectivity index (χ4v) is 9.30. The maximum Gasteiger partial charge on any atom is 0.0577 e. The van der Waals surface area contributed by atoms with Crippen LogP contribution in [0.3, 0.4) is 0 Å². The third-order valence-corrected chi connectivity index (χ3v) is 11.3. The average Bonchev–Trinajstić information content (AvgIpc) is 3.06. The van der Waals surface area contributed by atoms with Gasteiger partial charge in [-0.15, -0.1) is 0 Å². The van der Waals surface area contributed by atoms with E-state index in [4.69, 9.17) is 0 Å². The van der Waals surface area contributed by atoms with Crippen LogP contribution in [0.25, 0.3) is 0 Å². The van der Waals surface area contributed by atoms with Gasteiger partial charge in [0.05, 0.1) is 6.10 Å². The van der Waals surface area contributed by atoms with Crippen molar-refractivity contribution in [3.63, 3.8) is 0 Å². The summed E-state index contributed by atoms with van der Waals surface area (Å²) in [6.07, 6.45) is 17.1. The van der Waals surface area contributed by atoms with Crippen LogP contribution >= 0.6 is 0 Å². The monoisotopic (exact) mass is 415 g/mol. The predicted molar refractivity (Wildman–Crippen MR) is 128 cm³/mol. The molecule has 4 aliphatic rings. The first kappa shape index (κ1) is 22.9. The number of rotatable bonds is 6. The van der Waals surface area contributed by atoms with Crippen LogP contribution in [0, 0.1) is 52.3 Å². The second-order valence-electron chi connectivity index (χ2n) is 12.9. The van der Waals surface area contributed by atoms with Gasteiger partial charge in [-0.3, -0.25) is 0 Å². The quantitative estimate of drug-likeness (QED) is 0.344. The normalized spacial score (nSPS) is 46.2. The molecular weight excluding hydrogens is 365 g/mol. The first-order valence-corrected chi connectivity index (χ1v) is 13.6. The summed E-state index contributed by atoms with van der Waals surface area (Å²) in [5, 5.41) is 10.2. The minimum atomic E-state index is -0.0794. The highest BCUT2D eigenvalue weighted by Gasteiger charge is 2.59. The molecule has 0 aromatic carbocycles. The molecule has 3 saturated carbocycles. The molecule has 4 aliphatic carbocycles. The van der Waals surface area contributed by atoms with Crippen molar-refractivity contribution in [2.75, 3.05) is 0 Å². The molecule has 4 rings (SSSR count). The lowest BCUT2D eigenvalue weighted by Gasteiger charge is -2.58. The van der Waals surface area contributed by atoms with Gasteiger partial charge in [0.25, 0.3) is 0 Å². The van der Waals surface area contributed by atoms with Gasteiger partial charge in [-0.2, -0.15) is 0 Å². The van der Waals surface area contributed by atoms with Gasteiger partial charge in [0.1, 0.15) is 0 Å². The molecular formula is C29H50O. The van der Waals surface area contributed by atoms with E-state index >= 15 is 0 Å². The van der Waals surface area contributed by atoms with Crippen molar-refractivity contribution in [2.24, 2.45) is 52.3 Å². The topological polar surface area (TPSA) is 20.2 Å². The van der Waals surface area contributed by atoms with E-state index in [0.717, 1.165) is 54.3 Å². The summed E-state index contributed by atoms with van der Waals surface area (Å²) in [4.78, 5) is 0. The van der Waals surface area contributed by atoms with Gasteiger partial charge in [-0.1, -0.05) is 66.0 Å². The van der Waals surface area contributed by atoms with Crippen molar-refractivity contribution in [3.05, 3.63) is 11.6 Å². The average molecular weight is 416 g/mol. The molecule has 1 N–H and O–H groups in total. The van der Waals surface area contributed by atoms with Crippen LogP contribution in [0.4, 0.5) is 0 Å². The highest BCUT2D eigenvalue weighted by Crippen LogP contribution is 2.67. The molecule has 0 heterocycles. The second-order valence-corrected chi connectivity index (χ2v) is 12.9. The molecule has 0 aromatic rings. The first-order chi connectivity index (χ1) is 14.2. The van der Waals surface area contributed by atoms with Gasteiger partial charge in [-0.05, 0) is 110 Å². The number of aliphatic hydroxyl groups excluding tert-OH is 1. The van der Waals surface area contributed by atoms with E-state index in [1.807, 2.05) is 0 Å². The van der Waals surface area contributed by atoms with E-state index in [1.165, 1.54) is 57.8 Å². The Bertz CT molecular complexity index is 634. The molecule has 1 heteroatoms. The number of allylic oxidation sites excluding steroid dienone is 1. The zero-order chi connectivity index (χ0) is 21.7. The molecule has 0 aliphatic heterocycles.